The van der Waals surface area contributed by atoms with Crippen LogP contribution in [0.4, 0.5) is 10.1 Å². The lowest BCUT2D eigenvalue weighted by molar-refractivity contribution is 0.623. The smallest absolute Gasteiger partial charge is 0.151 e. The van der Waals surface area contributed by atoms with Crippen LogP contribution in [0.15, 0.2) is 23.4 Å². The third-order valence-corrected chi connectivity index (χ3v) is 3.04. The van der Waals surface area contributed by atoms with Crippen LogP contribution >= 0.6 is 11.6 Å². The van der Waals surface area contributed by atoms with Crippen molar-refractivity contribution in [2.45, 2.75) is 20.4 Å². The topological polar surface area (TPSA) is 47.2 Å². The summed E-state index contributed by atoms with van der Waals surface area (Å²) in [6, 6.07) is 4.48. The zero-order chi connectivity index (χ0) is 13.3. The summed E-state index contributed by atoms with van der Waals surface area (Å²) >= 11 is 5.71. The third-order valence-electron chi connectivity index (χ3n) is 2.75. The second-order valence-corrected chi connectivity index (χ2v) is 4.42. The van der Waals surface area contributed by atoms with Gasteiger partial charge in [-0.15, -0.1) is 4.91 Å². The third kappa shape index (κ3) is 2.26. The molecule has 2 aromatic rings. The largest absolute Gasteiger partial charge is 0.263 e. The van der Waals surface area contributed by atoms with Gasteiger partial charge in [0.25, 0.3) is 0 Å². The second-order valence-electron chi connectivity index (χ2n) is 4.02. The second kappa shape index (κ2) is 4.86. The van der Waals surface area contributed by atoms with Gasteiger partial charge >= 0.3 is 0 Å². The van der Waals surface area contributed by atoms with Gasteiger partial charge in [0.2, 0.25) is 0 Å². The predicted octanol–water partition coefficient (Wildman–Crippen LogP) is 3.74. The number of aryl methyl sites for hydroxylation is 1. The number of nitrogens with zero attached hydrogens (tertiary/aromatic N) is 3. The van der Waals surface area contributed by atoms with Crippen LogP contribution in [-0.2, 0) is 6.54 Å². The fraction of sp³-hybridized carbons (Fsp3) is 0.250. The minimum atomic E-state index is -0.455. The Morgan fingerprint density at radius 2 is 2.17 bits per heavy atom. The Hall–Kier alpha value is -1.75. The van der Waals surface area contributed by atoms with E-state index >= 15 is 0 Å². The van der Waals surface area contributed by atoms with Crippen LogP contribution in [-0.4, -0.2) is 9.78 Å². The van der Waals surface area contributed by atoms with E-state index in [9.17, 15) is 9.30 Å². The zero-order valence-corrected chi connectivity index (χ0v) is 10.7. The molecule has 0 spiro atoms. The van der Waals surface area contributed by atoms with E-state index in [1.807, 2.05) is 0 Å². The zero-order valence-electron chi connectivity index (χ0n) is 9.94. The SMILES string of the molecule is Cc1nn(Cc2ccc(F)c(Cl)c2)c(C)c1N=O. The van der Waals surface area contributed by atoms with Gasteiger partial charge in [0.15, 0.2) is 5.69 Å². The van der Waals surface area contributed by atoms with Gasteiger partial charge in [0.05, 0.1) is 23.0 Å². The molecule has 0 aliphatic carbocycles. The Bertz CT molecular complexity index is 610. The molecular formula is C12H11ClFN3O. The normalized spacial score (nSPS) is 10.7. The Labute approximate surface area is 108 Å². The van der Waals surface area contributed by atoms with Crippen LogP contribution in [0.25, 0.3) is 0 Å². The van der Waals surface area contributed by atoms with Crippen LogP contribution in [0.3, 0.4) is 0 Å². The van der Waals surface area contributed by atoms with E-state index in [1.165, 1.54) is 6.07 Å². The summed E-state index contributed by atoms with van der Waals surface area (Å²) in [7, 11) is 0. The Morgan fingerprint density at radius 3 is 2.72 bits per heavy atom. The molecule has 4 nitrogen and oxygen atoms in total. The molecule has 0 bridgehead atoms. The summed E-state index contributed by atoms with van der Waals surface area (Å²) in [6.07, 6.45) is 0. The molecular weight excluding hydrogens is 257 g/mol. The number of aromatic nitrogens is 2. The predicted molar refractivity (Wildman–Crippen MR) is 67.7 cm³/mol. The van der Waals surface area contributed by atoms with Crippen molar-refractivity contribution in [3.05, 3.63) is 50.9 Å². The lowest BCUT2D eigenvalue weighted by atomic mass is 10.2. The number of halogens is 2. The van der Waals surface area contributed by atoms with Crippen molar-refractivity contribution in [1.29, 1.82) is 0 Å². The molecule has 94 valence electrons. The Morgan fingerprint density at radius 1 is 1.44 bits per heavy atom. The summed E-state index contributed by atoms with van der Waals surface area (Å²) in [5, 5.41) is 7.23. The van der Waals surface area contributed by atoms with Gasteiger partial charge in [-0.1, -0.05) is 17.7 Å². The van der Waals surface area contributed by atoms with Gasteiger partial charge in [-0.3, -0.25) is 4.68 Å². The molecule has 1 aromatic heterocycles. The van der Waals surface area contributed by atoms with Crippen molar-refractivity contribution in [3.8, 4) is 0 Å². The number of hydrogen-bond donors (Lipinski definition) is 0. The fourth-order valence-electron chi connectivity index (χ4n) is 1.78. The molecule has 2 rings (SSSR count). The maximum absolute atomic E-state index is 13.0. The molecule has 0 aliphatic rings. The minimum Gasteiger partial charge on any atom is -0.263 e. The standard InChI is InChI=1S/C12H11ClFN3O/c1-7-12(16-18)8(2)17(15-7)6-9-3-4-11(14)10(13)5-9/h3-5H,6H2,1-2H3. The number of nitroso groups, excluding NO2 is 1. The van der Waals surface area contributed by atoms with Crippen molar-refractivity contribution < 1.29 is 4.39 Å². The molecule has 0 aliphatic heterocycles. The van der Waals surface area contributed by atoms with E-state index < -0.39 is 5.82 Å². The molecule has 0 N–H and O–H groups in total. The molecule has 0 saturated carbocycles. The van der Waals surface area contributed by atoms with Crippen LogP contribution in [0.5, 0.6) is 0 Å². The monoisotopic (exact) mass is 267 g/mol. The van der Waals surface area contributed by atoms with E-state index in [0.717, 1.165) is 5.56 Å². The number of rotatable bonds is 3. The van der Waals surface area contributed by atoms with Gasteiger partial charge in [-0.05, 0) is 36.7 Å². The van der Waals surface area contributed by atoms with Crippen molar-refractivity contribution in [1.82, 2.24) is 9.78 Å². The Kier molecular flexibility index (Phi) is 3.43. The molecule has 0 fully saturated rings. The first-order chi connectivity index (χ1) is 8.52. The average Bonchev–Trinajstić information content (AvgIpc) is 2.59. The summed E-state index contributed by atoms with van der Waals surface area (Å²) in [5.41, 5.74) is 2.42. The van der Waals surface area contributed by atoms with E-state index in [2.05, 4.69) is 10.3 Å². The maximum atomic E-state index is 13.0. The lowest BCUT2D eigenvalue weighted by Gasteiger charge is -2.05. The molecule has 0 amide bonds. The average molecular weight is 268 g/mol. The van der Waals surface area contributed by atoms with Gasteiger partial charge in [0, 0.05) is 0 Å². The summed E-state index contributed by atoms with van der Waals surface area (Å²) in [6.45, 7) is 3.90. The van der Waals surface area contributed by atoms with Crippen LogP contribution in [0, 0.1) is 24.6 Å². The van der Waals surface area contributed by atoms with Gasteiger partial charge in [-0.2, -0.15) is 5.10 Å². The van der Waals surface area contributed by atoms with Gasteiger partial charge in [-0.25, -0.2) is 4.39 Å². The first kappa shape index (κ1) is 12.7. The van der Waals surface area contributed by atoms with Crippen LogP contribution < -0.4 is 0 Å². The fourth-order valence-corrected chi connectivity index (χ4v) is 1.99. The van der Waals surface area contributed by atoms with Gasteiger partial charge in [0.1, 0.15) is 5.82 Å². The quantitative estimate of drug-likeness (QED) is 0.796. The van der Waals surface area contributed by atoms with Crippen LogP contribution in [0.2, 0.25) is 5.02 Å². The first-order valence-electron chi connectivity index (χ1n) is 5.34. The first-order valence-corrected chi connectivity index (χ1v) is 5.72. The molecule has 0 atom stereocenters. The molecule has 0 unspecified atom stereocenters. The van der Waals surface area contributed by atoms with Crippen molar-refractivity contribution in [2.24, 2.45) is 5.18 Å². The highest BCUT2D eigenvalue weighted by Gasteiger charge is 2.12. The molecule has 6 heteroatoms. The van der Waals surface area contributed by atoms with E-state index in [-0.39, 0.29) is 5.02 Å². The maximum Gasteiger partial charge on any atom is 0.151 e. The highest BCUT2D eigenvalue weighted by atomic mass is 35.5. The van der Waals surface area contributed by atoms with E-state index in [1.54, 1.807) is 30.7 Å². The summed E-state index contributed by atoms with van der Waals surface area (Å²) in [4.78, 5) is 10.6. The van der Waals surface area contributed by atoms with E-state index in [4.69, 9.17) is 11.6 Å². The molecule has 0 saturated heterocycles. The van der Waals surface area contributed by atoms with Crippen molar-refractivity contribution in [3.63, 3.8) is 0 Å². The number of hydrogen-bond acceptors (Lipinski definition) is 3. The number of benzene rings is 1. The van der Waals surface area contributed by atoms with Gasteiger partial charge < -0.3 is 0 Å². The van der Waals surface area contributed by atoms with Crippen LogP contribution in [0.1, 0.15) is 17.0 Å². The Balaban J connectivity index is 2.34. The van der Waals surface area contributed by atoms with Crippen molar-refractivity contribution >= 4 is 17.3 Å². The molecule has 1 heterocycles. The molecule has 0 radical (unpaired) electrons. The van der Waals surface area contributed by atoms with E-state index in [0.29, 0.717) is 23.6 Å². The highest BCUT2D eigenvalue weighted by molar-refractivity contribution is 6.30. The highest BCUT2D eigenvalue weighted by Crippen LogP contribution is 2.24. The summed E-state index contributed by atoms with van der Waals surface area (Å²) < 4.78 is 14.7. The van der Waals surface area contributed by atoms with Crippen molar-refractivity contribution in [2.75, 3.05) is 0 Å². The minimum absolute atomic E-state index is 0.0720. The molecule has 18 heavy (non-hydrogen) atoms. The summed E-state index contributed by atoms with van der Waals surface area (Å²) in [5.74, 6) is -0.455. The molecule has 1 aromatic carbocycles. The lowest BCUT2D eigenvalue weighted by Crippen LogP contribution is -2.04.